The normalized spacial score (nSPS) is 15.7. The summed E-state index contributed by atoms with van der Waals surface area (Å²) in [4.78, 5) is 14.0. The third kappa shape index (κ3) is 3.39. The summed E-state index contributed by atoms with van der Waals surface area (Å²) in [5.41, 5.74) is 3.33. The molecule has 0 saturated carbocycles. The summed E-state index contributed by atoms with van der Waals surface area (Å²) < 4.78 is 5.25. The summed E-state index contributed by atoms with van der Waals surface area (Å²) in [5, 5.41) is 3.24. The molecule has 0 bridgehead atoms. The minimum absolute atomic E-state index is 0.0844. The Bertz CT molecular complexity index is 494. The highest BCUT2D eigenvalue weighted by Gasteiger charge is 2.13. The molecule has 1 aliphatic heterocycles. The first-order chi connectivity index (χ1) is 9.61. The lowest BCUT2D eigenvalue weighted by atomic mass is 10.0. The molecule has 1 aliphatic rings. The molecule has 0 radical (unpaired) electrons. The predicted molar refractivity (Wildman–Crippen MR) is 81.0 cm³/mol. The van der Waals surface area contributed by atoms with Crippen LogP contribution < -0.4 is 10.1 Å². The standard InChI is InChI=1S/C16H22N2O2/c1-12-10-14(20-3)11-13(2)15(12)4-5-16(19)18-8-6-17-7-9-18/h4-5,10-11,17H,6-9H2,1-3H3/b5-4+. The maximum Gasteiger partial charge on any atom is 0.246 e. The first-order valence-corrected chi connectivity index (χ1v) is 6.95. The van der Waals surface area contributed by atoms with Gasteiger partial charge in [0.25, 0.3) is 0 Å². The fourth-order valence-electron chi connectivity index (χ4n) is 2.46. The molecular formula is C16H22N2O2. The second kappa shape index (κ2) is 6.57. The van der Waals surface area contributed by atoms with Crippen LogP contribution in [-0.4, -0.2) is 44.1 Å². The van der Waals surface area contributed by atoms with Gasteiger partial charge in [-0.3, -0.25) is 4.79 Å². The van der Waals surface area contributed by atoms with E-state index >= 15 is 0 Å². The highest BCUT2D eigenvalue weighted by atomic mass is 16.5. The van der Waals surface area contributed by atoms with Crippen molar-refractivity contribution in [2.24, 2.45) is 0 Å². The van der Waals surface area contributed by atoms with Gasteiger partial charge in [0.1, 0.15) is 5.75 Å². The molecule has 20 heavy (non-hydrogen) atoms. The van der Waals surface area contributed by atoms with Gasteiger partial charge in [0.05, 0.1) is 7.11 Å². The van der Waals surface area contributed by atoms with Crippen molar-refractivity contribution in [3.63, 3.8) is 0 Å². The molecule has 1 saturated heterocycles. The van der Waals surface area contributed by atoms with Gasteiger partial charge in [0.15, 0.2) is 0 Å². The zero-order valence-corrected chi connectivity index (χ0v) is 12.4. The molecule has 4 nitrogen and oxygen atoms in total. The summed E-state index contributed by atoms with van der Waals surface area (Å²) in [7, 11) is 1.66. The van der Waals surface area contributed by atoms with E-state index in [2.05, 4.69) is 5.32 Å². The van der Waals surface area contributed by atoms with Gasteiger partial charge in [-0.15, -0.1) is 0 Å². The van der Waals surface area contributed by atoms with Gasteiger partial charge in [0.2, 0.25) is 5.91 Å². The quantitative estimate of drug-likeness (QED) is 0.854. The molecule has 1 aromatic rings. The summed E-state index contributed by atoms with van der Waals surface area (Å²) in [6.45, 7) is 7.38. The molecule has 4 heteroatoms. The van der Waals surface area contributed by atoms with E-state index in [0.29, 0.717) is 0 Å². The lowest BCUT2D eigenvalue weighted by molar-refractivity contribution is -0.126. The minimum atomic E-state index is 0.0844. The van der Waals surface area contributed by atoms with Crippen LogP contribution in [0.2, 0.25) is 0 Å². The van der Waals surface area contributed by atoms with Gasteiger partial charge in [0, 0.05) is 32.3 Å². The average Bonchev–Trinajstić information content (AvgIpc) is 2.46. The number of hydrogen-bond donors (Lipinski definition) is 1. The number of piperazine rings is 1. The van der Waals surface area contributed by atoms with Gasteiger partial charge >= 0.3 is 0 Å². The molecule has 0 aromatic heterocycles. The molecule has 0 unspecified atom stereocenters. The Morgan fingerprint density at radius 1 is 1.25 bits per heavy atom. The van der Waals surface area contributed by atoms with Crippen molar-refractivity contribution in [2.45, 2.75) is 13.8 Å². The molecular weight excluding hydrogens is 252 g/mol. The molecule has 108 valence electrons. The maximum atomic E-state index is 12.1. The smallest absolute Gasteiger partial charge is 0.246 e. The summed E-state index contributed by atoms with van der Waals surface area (Å²) >= 11 is 0. The molecule has 0 atom stereocenters. The SMILES string of the molecule is COc1cc(C)c(/C=C/C(=O)N2CCNCC2)c(C)c1. The Morgan fingerprint density at radius 3 is 2.40 bits per heavy atom. The van der Waals surface area contributed by atoms with E-state index in [-0.39, 0.29) is 5.91 Å². The largest absolute Gasteiger partial charge is 0.497 e. The van der Waals surface area contributed by atoms with Gasteiger partial charge in [-0.2, -0.15) is 0 Å². The van der Waals surface area contributed by atoms with Crippen molar-refractivity contribution in [2.75, 3.05) is 33.3 Å². The number of nitrogens with zero attached hydrogens (tertiary/aromatic N) is 1. The van der Waals surface area contributed by atoms with E-state index in [1.807, 2.05) is 37.0 Å². The number of benzene rings is 1. The first-order valence-electron chi connectivity index (χ1n) is 6.95. The van der Waals surface area contributed by atoms with Crippen molar-refractivity contribution in [1.82, 2.24) is 10.2 Å². The molecule has 1 amide bonds. The Kier molecular flexibility index (Phi) is 4.79. The van der Waals surface area contributed by atoms with Crippen LogP contribution in [0, 0.1) is 13.8 Å². The second-order valence-corrected chi connectivity index (χ2v) is 5.08. The summed E-state index contributed by atoms with van der Waals surface area (Å²) in [5.74, 6) is 0.937. The molecule has 1 fully saturated rings. The van der Waals surface area contributed by atoms with Crippen molar-refractivity contribution in [3.05, 3.63) is 34.9 Å². The van der Waals surface area contributed by atoms with Crippen LogP contribution in [0.4, 0.5) is 0 Å². The van der Waals surface area contributed by atoms with Gasteiger partial charge in [-0.05, 0) is 48.7 Å². The number of aryl methyl sites for hydroxylation is 2. The lowest BCUT2D eigenvalue weighted by Crippen LogP contribution is -2.45. The first kappa shape index (κ1) is 14.6. The fraction of sp³-hybridized carbons (Fsp3) is 0.438. The Hall–Kier alpha value is -1.81. The number of rotatable bonds is 3. The Labute approximate surface area is 120 Å². The summed E-state index contributed by atoms with van der Waals surface area (Å²) in [6.07, 6.45) is 3.58. The van der Waals surface area contributed by atoms with Crippen LogP contribution in [0.5, 0.6) is 5.75 Å². The number of carbonyl (C=O) groups is 1. The number of carbonyl (C=O) groups excluding carboxylic acids is 1. The van der Waals surface area contributed by atoms with E-state index in [1.165, 1.54) is 0 Å². The monoisotopic (exact) mass is 274 g/mol. The van der Waals surface area contributed by atoms with E-state index in [9.17, 15) is 4.79 Å². The predicted octanol–water partition coefficient (Wildman–Crippen LogP) is 1.76. The molecule has 0 aliphatic carbocycles. The van der Waals surface area contributed by atoms with Crippen LogP contribution in [0.1, 0.15) is 16.7 Å². The van der Waals surface area contributed by atoms with Crippen LogP contribution in [0.25, 0.3) is 6.08 Å². The van der Waals surface area contributed by atoms with E-state index in [4.69, 9.17) is 4.74 Å². The third-order valence-electron chi connectivity index (χ3n) is 3.62. The maximum absolute atomic E-state index is 12.1. The van der Waals surface area contributed by atoms with Gasteiger partial charge < -0.3 is 15.0 Å². The second-order valence-electron chi connectivity index (χ2n) is 5.08. The highest BCUT2D eigenvalue weighted by molar-refractivity contribution is 5.92. The van der Waals surface area contributed by atoms with Crippen molar-refractivity contribution < 1.29 is 9.53 Å². The van der Waals surface area contributed by atoms with Gasteiger partial charge in [-0.1, -0.05) is 0 Å². The van der Waals surface area contributed by atoms with Crippen LogP contribution in [0.15, 0.2) is 18.2 Å². The van der Waals surface area contributed by atoms with E-state index < -0.39 is 0 Å². The lowest BCUT2D eigenvalue weighted by Gasteiger charge is -2.26. The molecule has 0 spiro atoms. The topological polar surface area (TPSA) is 41.6 Å². The third-order valence-corrected chi connectivity index (χ3v) is 3.62. The number of amides is 1. The average molecular weight is 274 g/mol. The number of ether oxygens (including phenoxy) is 1. The molecule has 1 aromatic carbocycles. The minimum Gasteiger partial charge on any atom is -0.497 e. The van der Waals surface area contributed by atoms with E-state index in [0.717, 1.165) is 48.6 Å². The van der Waals surface area contributed by atoms with E-state index in [1.54, 1.807) is 13.2 Å². The van der Waals surface area contributed by atoms with Crippen LogP contribution in [0.3, 0.4) is 0 Å². The van der Waals surface area contributed by atoms with Crippen LogP contribution in [-0.2, 0) is 4.79 Å². The summed E-state index contributed by atoms with van der Waals surface area (Å²) in [6, 6.07) is 3.98. The zero-order valence-electron chi connectivity index (χ0n) is 12.4. The van der Waals surface area contributed by atoms with Crippen LogP contribution >= 0.6 is 0 Å². The van der Waals surface area contributed by atoms with Crippen molar-refractivity contribution in [1.29, 1.82) is 0 Å². The van der Waals surface area contributed by atoms with Gasteiger partial charge in [-0.25, -0.2) is 0 Å². The number of nitrogens with one attached hydrogen (secondary N) is 1. The van der Waals surface area contributed by atoms with Crippen molar-refractivity contribution in [3.8, 4) is 5.75 Å². The number of hydrogen-bond acceptors (Lipinski definition) is 3. The fourth-order valence-corrected chi connectivity index (χ4v) is 2.46. The Morgan fingerprint density at radius 2 is 1.85 bits per heavy atom. The molecule has 1 heterocycles. The van der Waals surface area contributed by atoms with Crippen molar-refractivity contribution >= 4 is 12.0 Å². The number of methoxy groups -OCH3 is 1. The highest BCUT2D eigenvalue weighted by Crippen LogP contribution is 2.22. The Balaban J connectivity index is 2.12. The molecule has 2 rings (SSSR count). The molecule has 1 N–H and O–H groups in total. The zero-order chi connectivity index (χ0) is 14.5.